The number of pyridine rings is 1. The number of hydrogen-bond acceptors (Lipinski definition) is 2. The number of halogens is 2. The van der Waals surface area contributed by atoms with Gasteiger partial charge in [0.2, 0.25) is 0 Å². The highest BCUT2D eigenvalue weighted by molar-refractivity contribution is 5.78. The number of aliphatic hydroxyl groups is 1. The predicted molar refractivity (Wildman–Crippen MR) is 76.8 cm³/mol. The minimum Gasteiger partial charge on any atom is -0.388 e. The summed E-state index contributed by atoms with van der Waals surface area (Å²) in [4.78, 5) is 4.24. The molecule has 1 aromatic heterocycles. The Labute approximate surface area is 120 Å². The van der Waals surface area contributed by atoms with E-state index in [2.05, 4.69) is 4.98 Å². The molecule has 3 rings (SSSR count). The van der Waals surface area contributed by atoms with Crippen LogP contribution >= 0.6 is 0 Å². The third-order valence-corrected chi connectivity index (χ3v) is 3.46. The SMILES string of the molecule is OC(Cc1c(F)cccc1F)c1cnc2ccccc2c1. The second-order valence-corrected chi connectivity index (χ2v) is 4.88. The van der Waals surface area contributed by atoms with Gasteiger partial charge < -0.3 is 5.11 Å². The molecule has 0 radical (unpaired) electrons. The van der Waals surface area contributed by atoms with E-state index in [1.54, 1.807) is 6.07 Å². The molecule has 4 heteroatoms. The zero-order valence-electron chi connectivity index (χ0n) is 11.1. The largest absolute Gasteiger partial charge is 0.388 e. The number of benzene rings is 2. The van der Waals surface area contributed by atoms with Gasteiger partial charge in [-0.05, 0) is 29.8 Å². The first-order chi connectivity index (χ1) is 10.1. The molecule has 21 heavy (non-hydrogen) atoms. The summed E-state index contributed by atoms with van der Waals surface area (Å²) in [6.07, 6.45) is 0.401. The molecule has 1 unspecified atom stereocenters. The lowest BCUT2D eigenvalue weighted by Gasteiger charge is -2.12. The van der Waals surface area contributed by atoms with E-state index in [-0.39, 0.29) is 12.0 Å². The Hall–Kier alpha value is -2.33. The van der Waals surface area contributed by atoms with Crippen molar-refractivity contribution in [1.82, 2.24) is 4.98 Å². The van der Waals surface area contributed by atoms with Gasteiger partial charge in [-0.3, -0.25) is 4.98 Å². The predicted octanol–water partition coefficient (Wildman–Crippen LogP) is 3.79. The molecule has 1 heterocycles. The molecule has 2 nitrogen and oxygen atoms in total. The Bertz CT molecular complexity index is 768. The summed E-state index contributed by atoms with van der Waals surface area (Å²) in [6.45, 7) is 0. The van der Waals surface area contributed by atoms with E-state index in [1.807, 2.05) is 24.3 Å². The van der Waals surface area contributed by atoms with Gasteiger partial charge in [-0.2, -0.15) is 0 Å². The number of hydrogen-bond donors (Lipinski definition) is 1. The highest BCUT2D eigenvalue weighted by atomic mass is 19.1. The molecule has 0 aliphatic carbocycles. The highest BCUT2D eigenvalue weighted by Gasteiger charge is 2.16. The van der Waals surface area contributed by atoms with E-state index in [0.717, 1.165) is 10.9 Å². The maximum atomic E-state index is 13.6. The van der Waals surface area contributed by atoms with Gasteiger partial charge >= 0.3 is 0 Å². The Balaban J connectivity index is 1.91. The molecule has 106 valence electrons. The van der Waals surface area contributed by atoms with Crippen LogP contribution in [0, 0.1) is 11.6 Å². The first-order valence-electron chi connectivity index (χ1n) is 6.61. The molecule has 0 aliphatic rings. The molecule has 1 N–H and O–H groups in total. The van der Waals surface area contributed by atoms with E-state index in [0.29, 0.717) is 5.56 Å². The lowest BCUT2D eigenvalue weighted by molar-refractivity contribution is 0.175. The van der Waals surface area contributed by atoms with Gasteiger partial charge in [0.1, 0.15) is 11.6 Å². The van der Waals surface area contributed by atoms with Crippen LogP contribution in [-0.2, 0) is 6.42 Å². The molecule has 0 fully saturated rings. The number of fused-ring (bicyclic) bond motifs is 1. The fourth-order valence-corrected chi connectivity index (χ4v) is 2.31. The average Bonchev–Trinajstić information content (AvgIpc) is 2.50. The van der Waals surface area contributed by atoms with E-state index in [1.165, 1.54) is 24.4 Å². The summed E-state index contributed by atoms with van der Waals surface area (Å²) in [6, 6.07) is 12.9. The van der Waals surface area contributed by atoms with Gasteiger partial charge in [-0.25, -0.2) is 8.78 Å². The molecule has 0 aliphatic heterocycles. The summed E-state index contributed by atoms with van der Waals surface area (Å²) < 4.78 is 27.2. The summed E-state index contributed by atoms with van der Waals surface area (Å²) in [5.41, 5.74) is 1.24. The first-order valence-corrected chi connectivity index (χ1v) is 6.61. The van der Waals surface area contributed by atoms with Crippen molar-refractivity contribution in [1.29, 1.82) is 0 Å². The number of nitrogens with zero attached hydrogens (tertiary/aromatic N) is 1. The third-order valence-electron chi connectivity index (χ3n) is 3.46. The van der Waals surface area contributed by atoms with Gasteiger partial charge in [0.05, 0.1) is 11.6 Å². The molecule has 1 atom stereocenters. The average molecular weight is 285 g/mol. The van der Waals surface area contributed by atoms with E-state index >= 15 is 0 Å². The van der Waals surface area contributed by atoms with Gasteiger partial charge in [0.15, 0.2) is 0 Å². The van der Waals surface area contributed by atoms with Crippen LogP contribution < -0.4 is 0 Å². The normalized spacial score (nSPS) is 12.5. The van der Waals surface area contributed by atoms with Crippen LogP contribution in [0.1, 0.15) is 17.2 Å². The molecule has 0 amide bonds. The van der Waals surface area contributed by atoms with Crippen LogP contribution in [0.5, 0.6) is 0 Å². The fourth-order valence-electron chi connectivity index (χ4n) is 2.31. The number of rotatable bonds is 3. The van der Waals surface area contributed by atoms with Crippen LogP contribution in [0.25, 0.3) is 10.9 Å². The highest BCUT2D eigenvalue weighted by Crippen LogP contribution is 2.24. The molecule has 0 bridgehead atoms. The minimum atomic E-state index is -1.01. The second kappa shape index (κ2) is 5.58. The van der Waals surface area contributed by atoms with Gasteiger partial charge in [0.25, 0.3) is 0 Å². The van der Waals surface area contributed by atoms with Gasteiger partial charge in [-0.15, -0.1) is 0 Å². The van der Waals surface area contributed by atoms with Crippen molar-refractivity contribution in [2.75, 3.05) is 0 Å². The molecular weight excluding hydrogens is 272 g/mol. The monoisotopic (exact) mass is 285 g/mol. The Morgan fingerprint density at radius 2 is 1.71 bits per heavy atom. The quantitative estimate of drug-likeness (QED) is 0.794. The van der Waals surface area contributed by atoms with E-state index in [4.69, 9.17) is 0 Å². The molecule has 0 spiro atoms. The standard InChI is InChI=1S/C17H13F2NO/c18-14-5-3-6-15(19)13(14)9-17(21)12-8-11-4-1-2-7-16(11)20-10-12/h1-8,10,17,21H,9H2. The summed E-state index contributed by atoms with van der Waals surface area (Å²) in [7, 11) is 0. The summed E-state index contributed by atoms with van der Waals surface area (Å²) in [5, 5.41) is 11.1. The van der Waals surface area contributed by atoms with Crippen LogP contribution in [0.15, 0.2) is 54.7 Å². The van der Waals surface area contributed by atoms with Crippen molar-refractivity contribution >= 4 is 10.9 Å². The Kier molecular flexibility index (Phi) is 3.62. The van der Waals surface area contributed by atoms with Crippen LogP contribution in [0.3, 0.4) is 0 Å². The van der Waals surface area contributed by atoms with Crippen molar-refractivity contribution in [3.8, 4) is 0 Å². The molecule has 0 saturated carbocycles. The maximum Gasteiger partial charge on any atom is 0.129 e. The van der Waals surface area contributed by atoms with Crippen LogP contribution in [0.2, 0.25) is 0 Å². The number of para-hydroxylation sites is 1. The van der Waals surface area contributed by atoms with Crippen molar-refractivity contribution in [2.24, 2.45) is 0 Å². The molecule has 3 aromatic rings. The Morgan fingerprint density at radius 1 is 1.00 bits per heavy atom. The smallest absolute Gasteiger partial charge is 0.129 e. The second-order valence-electron chi connectivity index (χ2n) is 4.88. The van der Waals surface area contributed by atoms with Crippen molar-refractivity contribution in [3.63, 3.8) is 0 Å². The molecule has 2 aromatic carbocycles. The maximum absolute atomic E-state index is 13.6. The van der Waals surface area contributed by atoms with Gasteiger partial charge in [0, 0.05) is 23.6 Å². The van der Waals surface area contributed by atoms with Gasteiger partial charge in [-0.1, -0.05) is 24.3 Å². The summed E-state index contributed by atoms with van der Waals surface area (Å²) >= 11 is 0. The lowest BCUT2D eigenvalue weighted by atomic mass is 10.0. The van der Waals surface area contributed by atoms with Crippen molar-refractivity contribution in [2.45, 2.75) is 12.5 Å². The van der Waals surface area contributed by atoms with E-state index < -0.39 is 17.7 Å². The van der Waals surface area contributed by atoms with Crippen LogP contribution in [-0.4, -0.2) is 10.1 Å². The van der Waals surface area contributed by atoms with E-state index in [9.17, 15) is 13.9 Å². The molecule has 0 saturated heterocycles. The first kappa shape index (κ1) is 13.6. The summed E-state index contributed by atoms with van der Waals surface area (Å²) in [5.74, 6) is -1.30. The zero-order chi connectivity index (χ0) is 14.8. The Morgan fingerprint density at radius 3 is 2.48 bits per heavy atom. The molecular formula is C17H13F2NO. The zero-order valence-corrected chi connectivity index (χ0v) is 11.1. The fraction of sp³-hybridized carbons (Fsp3) is 0.118. The topological polar surface area (TPSA) is 33.1 Å². The van der Waals surface area contributed by atoms with Crippen molar-refractivity contribution < 1.29 is 13.9 Å². The minimum absolute atomic E-state index is 0.113. The lowest BCUT2D eigenvalue weighted by Crippen LogP contribution is -2.06. The van der Waals surface area contributed by atoms with Crippen LogP contribution in [0.4, 0.5) is 8.78 Å². The number of aliphatic hydroxyl groups excluding tert-OH is 1. The third kappa shape index (κ3) is 2.76. The van der Waals surface area contributed by atoms with Crippen molar-refractivity contribution in [3.05, 3.63) is 77.5 Å². The number of aromatic nitrogens is 1.